The number of nitrogens with one attached hydrogen (secondary N) is 2. The van der Waals surface area contributed by atoms with E-state index >= 15 is 0 Å². The highest BCUT2D eigenvalue weighted by Crippen LogP contribution is 2.51. The quantitative estimate of drug-likeness (QED) is 0.449. The molecular formula is C22H19F3N2O3. The lowest BCUT2D eigenvalue weighted by atomic mass is 9.65. The number of rotatable bonds is 4. The van der Waals surface area contributed by atoms with E-state index in [-0.39, 0.29) is 18.8 Å². The molecule has 2 atom stereocenters. The van der Waals surface area contributed by atoms with Crippen LogP contribution in [0, 0.1) is 28.8 Å². The number of esters is 1. The van der Waals surface area contributed by atoms with Gasteiger partial charge in [-0.1, -0.05) is 18.2 Å². The Bertz CT molecular complexity index is 1060. The van der Waals surface area contributed by atoms with E-state index in [9.17, 15) is 22.8 Å². The number of halogens is 3. The summed E-state index contributed by atoms with van der Waals surface area (Å²) in [6, 6.07) is 0.948. The maximum absolute atomic E-state index is 14.4. The van der Waals surface area contributed by atoms with Crippen LogP contribution in [0.3, 0.4) is 0 Å². The van der Waals surface area contributed by atoms with Crippen LogP contribution in [0.4, 0.5) is 13.2 Å². The number of benzene rings is 1. The van der Waals surface area contributed by atoms with Gasteiger partial charge in [0.15, 0.2) is 17.4 Å². The Balaban J connectivity index is 1.85. The number of ketones is 1. The summed E-state index contributed by atoms with van der Waals surface area (Å²) in [5, 5.41) is 6.13. The normalized spacial score (nSPS) is 24.3. The fraction of sp³-hybridized carbons (Fsp3) is 0.273. The minimum absolute atomic E-state index is 0.134. The second-order valence-electron chi connectivity index (χ2n) is 7.17. The monoisotopic (exact) mass is 416 g/mol. The minimum Gasteiger partial charge on any atom is -0.461 e. The van der Waals surface area contributed by atoms with Gasteiger partial charge in [0.2, 0.25) is 0 Å². The number of carbonyl (C=O) groups is 2. The Morgan fingerprint density at radius 3 is 2.70 bits per heavy atom. The van der Waals surface area contributed by atoms with E-state index in [0.29, 0.717) is 24.4 Å². The zero-order valence-electron chi connectivity index (χ0n) is 16.1. The van der Waals surface area contributed by atoms with Gasteiger partial charge in [0.05, 0.1) is 23.5 Å². The number of hydrogen-bond acceptors (Lipinski definition) is 5. The van der Waals surface area contributed by atoms with Crippen molar-refractivity contribution in [3.8, 4) is 0 Å². The third-order valence-corrected chi connectivity index (χ3v) is 5.58. The summed E-state index contributed by atoms with van der Waals surface area (Å²) in [7, 11) is 0. The van der Waals surface area contributed by atoms with Crippen LogP contribution in [0.5, 0.6) is 0 Å². The molecule has 2 aliphatic heterocycles. The Hall–Kier alpha value is -3.29. The van der Waals surface area contributed by atoms with Crippen LogP contribution in [0.15, 0.2) is 59.5 Å². The third-order valence-electron chi connectivity index (χ3n) is 5.58. The molecule has 1 aromatic carbocycles. The third kappa shape index (κ3) is 3.03. The molecule has 5 nitrogen and oxygen atoms in total. The van der Waals surface area contributed by atoms with Gasteiger partial charge in [-0.15, -0.1) is 0 Å². The van der Waals surface area contributed by atoms with Crippen molar-refractivity contribution in [1.82, 2.24) is 10.6 Å². The van der Waals surface area contributed by atoms with Crippen LogP contribution in [0.2, 0.25) is 0 Å². The standard InChI is InChI=1S/C22H19F3N2O3/c1-2-30-21(29)18-10-22-12(6-7-26-18)4-3-5-19(22)27-11-14(22)20(28)13-8-16(24)17(25)9-15(13)23/h3-6,8-10,14,26-27H,2,7,11H2,1H3. The van der Waals surface area contributed by atoms with Crippen LogP contribution >= 0.6 is 0 Å². The number of hydrogen-bond donors (Lipinski definition) is 2. The van der Waals surface area contributed by atoms with Gasteiger partial charge < -0.3 is 15.4 Å². The fourth-order valence-electron chi connectivity index (χ4n) is 4.23. The molecule has 1 fully saturated rings. The molecule has 8 heteroatoms. The van der Waals surface area contributed by atoms with Crippen molar-refractivity contribution < 1.29 is 27.5 Å². The van der Waals surface area contributed by atoms with E-state index in [1.807, 2.05) is 12.2 Å². The molecule has 0 radical (unpaired) electrons. The molecule has 2 unspecified atom stereocenters. The largest absolute Gasteiger partial charge is 0.461 e. The molecule has 2 heterocycles. The first kappa shape index (κ1) is 20.0. The van der Waals surface area contributed by atoms with Gasteiger partial charge in [0.1, 0.15) is 11.5 Å². The van der Waals surface area contributed by atoms with Gasteiger partial charge in [-0.2, -0.15) is 0 Å². The summed E-state index contributed by atoms with van der Waals surface area (Å²) in [5.74, 6) is -5.95. The van der Waals surface area contributed by atoms with Gasteiger partial charge in [-0.05, 0) is 30.7 Å². The molecule has 30 heavy (non-hydrogen) atoms. The van der Waals surface area contributed by atoms with E-state index < -0.39 is 46.1 Å². The van der Waals surface area contributed by atoms with Gasteiger partial charge in [0, 0.05) is 24.9 Å². The molecule has 1 saturated heterocycles. The van der Waals surface area contributed by atoms with Crippen molar-refractivity contribution in [2.45, 2.75) is 6.92 Å². The Morgan fingerprint density at radius 1 is 1.17 bits per heavy atom. The van der Waals surface area contributed by atoms with Crippen molar-refractivity contribution in [2.75, 3.05) is 19.7 Å². The topological polar surface area (TPSA) is 67.4 Å². The second kappa shape index (κ2) is 7.51. The van der Waals surface area contributed by atoms with E-state index in [0.717, 1.165) is 5.57 Å². The van der Waals surface area contributed by atoms with Gasteiger partial charge >= 0.3 is 5.97 Å². The van der Waals surface area contributed by atoms with Crippen LogP contribution < -0.4 is 10.6 Å². The summed E-state index contributed by atoms with van der Waals surface area (Å²) in [4.78, 5) is 25.8. The average Bonchev–Trinajstić information content (AvgIpc) is 2.97. The predicted octanol–water partition coefficient (Wildman–Crippen LogP) is 2.92. The van der Waals surface area contributed by atoms with Crippen molar-refractivity contribution in [1.29, 1.82) is 0 Å². The van der Waals surface area contributed by atoms with E-state index in [1.165, 1.54) is 0 Å². The zero-order chi connectivity index (χ0) is 21.5. The van der Waals surface area contributed by atoms with Crippen LogP contribution in [-0.4, -0.2) is 31.4 Å². The Labute approximate surface area is 171 Å². The van der Waals surface area contributed by atoms with Crippen molar-refractivity contribution in [2.24, 2.45) is 11.3 Å². The first-order valence-electron chi connectivity index (χ1n) is 9.54. The second-order valence-corrected chi connectivity index (χ2v) is 7.17. The van der Waals surface area contributed by atoms with Crippen molar-refractivity contribution in [3.63, 3.8) is 0 Å². The van der Waals surface area contributed by atoms with Gasteiger partial charge in [0.25, 0.3) is 0 Å². The molecule has 4 rings (SSSR count). The summed E-state index contributed by atoms with van der Waals surface area (Å²) in [5.41, 5.74) is -0.0549. The lowest BCUT2D eigenvalue weighted by Gasteiger charge is -2.35. The molecule has 1 aromatic rings. The van der Waals surface area contributed by atoms with E-state index in [1.54, 1.807) is 25.2 Å². The fourth-order valence-corrected chi connectivity index (χ4v) is 4.23. The zero-order valence-corrected chi connectivity index (χ0v) is 16.1. The Morgan fingerprint density at radius 2 is 1.93 bits per heavy atom. The van der Waals surface area contributed by atoms with Crippen LogP contribution in [0.25, 0.3) is 0 Å². The lowest BCUT2D eigenvalue weighted by Crippen LogP contribution is -2.36. The van der Waals surface area contributed by atoms with E-state index in [4.69, 9.17) is 4.74 Å². The highest BCUT2D eigenvalue weighted by Gasteiger charge is 2.53. The molecule has 2 N–H and O–H groups in total. The molecule has 3 aliphatic rings. The van der Waals surface area contributed by atoms with Gasteiger partial charge in [-0.3, -0.25) is 4.79 Å². The summed E-state index contributed by atoms with van der Waals surface area (Å²) in [6.45, 7) is 2.31. The number of carbonyl (C=O) groups excluding carboxylic acids is 2. The SMILES string of the molecule is CCOC(=O)C1=CC23C(=CCN1)C=CC=C2NCC3C(=O)c1cc(F)c(F)cc1F. The first-order chi connectivity index (χ1) is 14.4. The molecule has 0 aromatic heterocycles. The summed E-state index contributed by atoms with van der Waals surface area (Å²) >= 11 is 0. The van der Waals surface area contributed by atoms with E-state index in [2.05, 4.69) is 10.6 Å². The van der Waals surface area contributed by atoms with Crippen LogP contribution in [0.1, 0.15) is 17.3 Å². The highest BCUT2D eigenvalue weighted by molar-refractivity contribution is 6.00. The van der Waals surface area contributed by atoms with Gasteiger partial charge in [-0.25, -0.2) is 18.0 Å². The number of allylic oxidation sites excluding steroid dienone is 4. The Kier molecular flexibility index (Phi) is 5.01. The predicted molar refractivity (Wildman–Crippen MR) is 103 cm³/mol. The molecule has 1 spiro atoms. The summed E-state index contributed by atoms with van der Waals surface area (Å²) in [6.07, 6.45) is 8.84. The molecule has 0 bridgehead atoms. The first-order valence-corrected chi connectivity index (χ1v) is 9.54. The smallest absolute Gasteiger partial charge is 0.354 e. The molecule has 0 saturated carbocycles. The highest BCUT2D eigenvalue weighted by atomic mass is 19.2. The van der Waals surface area contributed by atoms with Crippen LogP contribution in [-0.2, 0) is 9.53 Å². The van der Waals surface area contributed by atoms with Crippen molar-refractivity contribution >= 4 is 11.8 Å². The molecule has 1 aliphatic carbocycles. The number of Topliss-reactive ketones (excluding diaryl/α,β-unsaturated/α-hetero) is 1. The maximum Gasteiger partial charge on any atom is 0.354 e. The average molecular weight is 416 g/mol. The molecular weight excluding hydrogens is 397 g/mol. The summed E-state index contributed by atoms with van der Waals surface area (Å²) < 4.78 is 46.6. The molecule has 156 valence electrons. The number of ether oxygens (including phenoxy) is 1. The maximum atomic E-state index is 14.4. The minimum atomic E-state index is -1.36. The van der Waals surface area contributed by atoms with Crippen molar-refractivity contribution in [3.05, 3.63) is 82.5 Å². The molecule has 0 amide bonds. The lowest BCUT2D eigenvalue weighted by molar-refractivity contribution is -0.139.